The molecule has 1 aliphatic rings. The molecule has 1 fully saturated rings. The van der Waals surface area contributed by atoms with E-state index in [4.69, 9.17) is 4.74 Å². The summed E-state index contributed by atoms with van der Waals surface area (Å²) < 4.78 is 9.82. The molecule has 4 nitrogen and oxygen atoms in total. The van der Waals surface area contributed by atoms with Crippen LogP contribution in [0.4, 0.5) is 0 Å². The van der Waals surface area contributed by atoms with Crippen LogP contribution in [0, 0.1) is 0 Å². The van der Waals surface area contributed by atoms with E-state index in [9.17, 15) is 4.79 Å². The van der Waals surface area contributed by atoms with Crippen molar-refractivity contribution in [2.24, 2.45) is 0 Å². The minimum Gasteiger partial charge on any atom is -0.469 e. The van der Waals surface area contributed by atoms with Gasteiger partial charge in [-0.1, -0.05) is 0 Å². The fourth-order valence-corrected chi connectivity index (χ4v) is 1.53. The molecular weight excluding hydrogens is 218 g/mol. The second-order valence-corrected chi connectivity index (χ2v) is 3.49. The Morgan fingerprint density at radius 1 is 1.33 bits per heavy atom. The molecule has 0 radical (unpaired) electrons. The number of ether oxygens (including phenoxy) is 2. The van der Waals surface area contributed by atoms with E-state index in [-0.39, 0.29) is 18.4 Å². The third-order valence-electron chi connectivity index (χ3n) is 2.44. The predicted molar refractivity (Wildman–Crippen MR) is 60.4 cm³/mol. The Morgan fingerprint density at radius 3 is 2.60 bits per heavy atom. The fraction of sp³-hybridized carbons (Fsp3) is 0.900. The second kappa shape index (κ2) is 8.95. The van der Waals surface area contributed by atoms with Gasteiger partial charge >= 0.3 is 5.97 Å². The monoisotopic (exact) mass is 237 g/mol. The van der Waals surface area contributed by atoms with Gasteiger partial charge in [0.05, 0.1) is 20.3 Å². The maximum Gasteiger partial charge on any atom is 0.305 e. The van der Waals surface area contributed by atoms with E-state index in [1.165, 1.54) is 7.11 Å². The Balaban J connectivity index is 0.00000196. The first kappa shape index (κ1) is 14.7. The molecule has 0 aromatic carbocycles. The number of carbonyl (C=O) groups excluding carboxylic acids is 1. The zero-order valence-corrected chi connectivity index (χ0v) is 10.1. The van der Waals surface area contributed by atoms with Crippen molar-refractivity contribution in [1.82, 2.24) is 4.90 Å². The fourth-order valence-electron chi connectivity index (χ4n) is 1.53. The topological polar surface area (TPSA) is 38.8 Å². The summed E-state index contributed by atoms with van der Waals surface area (Å²) in [6.45, 7) is 4.81. The SMILES string of the molecule is COC(=O)CCCCN1CCOCC1.Cl. The number of carbonyl (C=O) groups is 1. The predicted octanol–water partition coefficient (Wildman–Crippen LogP) is 1.08. The zero-order valence-electron chi connectivity index (χ0n) is 9.24. The van der Waals surface area contributed by atoms with E-state index >= 15 is 0 Å². The third-order valence-corrected chi connectivity index (χ3v) is 2.44. The average Bonchev–Trinajstić information content (AvgIpc) is 2.25. The first-order valence-electron chi connectivity index (χ1n) is 5.20. The number of esters is 1. The molecule has 0 amide bonds. The summed E-state index contributed by atoms with van der Waals surface area (Å²) in [7, 11) is 1.43. The minimum atomic E-state index is -0.105. The summed E-state index contributed by atoms with van der Waals surface area (Å²) in [5.41, 5.74) is 0. The molecule has 5 heteroatoms. The van der Waals surface area contributed by atoms with E-state index in [2.05, 4.69) is 9.64 Å². The van der Waals surface area contributed by atoms with Crippen molar-refractivity contribution in [3.8, 4) is 0 Å². The minimum absolute atomic E-state index is 0. The molecule has 0 aromatic rings. The van der Waals surface area contributed by atoms with Crippen LogP contribution in [-0.4, -0.2) is 50.8 Å². The Labute approximate surface area is 97.3 Å². The van der Waals surface area contributed by atoms with Crippen molar-refractivity contribution in [3.63, 3.8) is 0 Å². The quantitative estimate of drug-likeness (QED) is 0.530. The van der Waals surface area contributed by atoms with E-state index in [0.29, 0.717) is 6.42 Å². The van der Waals surface area contributed by atoms with Crippen LogP contribution in [0.15, 0.2) is 0 Å². The highest BCUT2D eigenvalue weighted by Gasteiger charge is 2.09. The molecule has 0 bridgehead atoms. The third kappa shape index (κ3) is 6.71. The lowest BCUT2D eigenvalue weighted by Gasteiger charge is -2.26. The standard InChI is InChI=1S/C10H19NO3.ClH/c1-13-10(12)4-2-3-5-11-6-8-14-9-7-11;/h2-9H2,1H3;1H. The van der Waals surface area contributed by atoms with Crippen molar-refractivity contribution < 1.29 is 14.3 Å². The van der Waals surface area contributed by atoms with Crippen molar-refractivity contribution in [3.05, 3.63) is 0 Å². The molecule has 0 atom stereocenters. The highest BCUT2D eigenvalue weighted by atomic mass is 35.5. The molecule has 1 saturated heterocycles. The van der Waals surface area contributed by atoms with Crippen LogP contribution in [0.25, 0.3) is 0 Å². The van der Waals surface area contributed by atoms with Crippen LogP contribution in [0.5, 0.6) is 0 Å². The van der Waals surface area contributed by atoms with E-state index < -0.39 is 0 Å². The lowest BCUT2D eigenvalue weighted by atomic mass is 10.2. The van der Waals surface area contributed by atoms with Gasteiger partial charge in [-0.05, 0) is 19.4 Å². The number of methoxy groups -OCH3 is 1. The molecule has 0 aliphatic carbocycles. The van der Waals surface area contributed by atoms with Crippen molar-refractivity contribution in [2.45, 2.75) is 19.3 Å². The van der Waals surface area contributed by atoms with E-state index in [1.807, 2.05) is 0 Å². The number of hydrogen-bond donors (Lipinski definition) is 0. The van der Waals surface area contributed by atoms with Gasteiger partial charge in [-0.2, -0.15) is 0 Å². The number of unbranched alkanes of at least 4 members (excludes halogenated alkanes) is 1. The first-order chi connectivity index (χ1) is 6.83. The summed E-state index contributed by atoms with van der Waals surface area (Å²) in [4.78, 5) is 13.2. The maximum absolute atomic E-state index is 10.8. The molecule has 1 heterocycles. The molecule has 0 unspecified atom stereocenters. The summed E-state index contributed by atoms with van der Waals surface area (Å²) in [5, 5.41) is 0. The van der Waals surface area contributed by atoms with Crippen LogP contribution in [0.3, 0.4) is 0 Å². The van der Waals surface area contributed by atoms with Gasteiger partial charge < -0.3 is 9.47 Å². The van der Waals surface area contributed by atoms with Crippen LogP contribution in [0.2, 0.25) is 0 Å². The molecule has 15 heavy (non-hydrogen) atoms. The normalized spacial score (nSPS) is 16.9. The van der Waals surface area contributed by atoms with Gasteiger partial charge in [0.25, 0.3) is 0 Å². The van der Waals surface area contributed by atoms with Crippen LogP contribution >= 0.6 is 12.4 Å². The largest absolute Gasteiger partial charge is 0.469 e. The van der Waals surface area contributed by atoms with Gasteiger partial charge in [-0.25, -0.2) is 0 Å². The molecule has 90 valence electrons. The Kier molecular flexibility index (Phi) is 8.76. The summed E-state index contributed by atoms with van der Waals surface area (Å²) >= 11 is 0. The molecule has 0 N–H and O–H groups in total. The summed E-state index contributed by atoms with van der Waals surface area (Å²) in [6.07, 6.45) is 2.53. The first-order valence-corrected chi connectivity index (χ1v) is 5.20. The number of nitrogens with zero attached hydrogens (tertiary/aromatic N) is 1. The van der Waals surface area contributed by atoms with Crippen molar-refractivity contribution in [2.75, 3.05) is 40.0 Å². The van der Waals surface area contributed by atoms with Gasteiger partial charge in [0.1, 0.15) is 0 Å². The van der Waals surface area contributed by atoms with Gasteiger partial charge in [-0.15, -0.1) is 12.4 Å². The van der Waals surface area contributed by atoms with Gasteiger partial charge in [0, 0.05) is 19.5 Å². The summed E-state index contributed by atoms with van der Waals surface area (Å²) in [6, 6.07) is 0. The van der Waals surface area contributed by atoms with Crippen LogP contribution in [-0.2, 0) is 14.3 Å². The number of hydrogen-bond acceptors (Lipinski definition) is 4. The molecule has 0 spiro atoms. The lowest BCUT2D eigenvalue weighted by Crippen LogP contribution is -2.36. The van der Waals surface area contributed by atoms with Gasteiger partial charge in [0.2, 0.25) is 0 Å². The molecule has 1 aliphatic heterocycles. The Bertz CT molecular complexity index is 172. The van der Waals surface area contributed by atoms with Gasteiger partial charge in [0.15, 0.2) is 0 Å². The highest BCUT2D eigenvalue weighted by Crippen LogP contribution is 2.02. The lowest BCUT2D eigenvalue weighted by molar-refractivity contribution is -0.140. The molecular formula is C10H20ClNO3. The summed E-state index contributed by atoms with van der Waals surface area (Å²) in [5.74, 6) is -0.105. The van der Waals surface area contributed by atoms with E-state index in [0.717, 1.165) is 45.7 Å². The number of halogens is 1. The van der Waals surface area contributed by atoms with E-state index in [1.54, 1.807) is 0 Å². The van der Waals surface area contributed by atoms with Crippen molar-refractivity contribution in [1.29, 1.82) is 0 Å². The Morgan fingerprint density at radius 2 is 2.00 bits per heavy atom. The number of morpholine rings is 1. The average molecular weight is 238 g/mol. The second-order valence-electron chi connectivity index (χ2n) is 3.49. The Hall–Kier alpha value is -0.320. The maximum atomic E-state index is 10.8. The van der Waals surface area contributed by atoms with Crippen LogP contribution < -0.4 is 0 Å². The molecule has 0 aromatic heterocycles. The molecule has 1 rings (SSSR count). The number of rotatable bonds is 5. The molecule has 0 saturated carbocycles. The van der Waals surface area contributed by atoms with Crippen LogP contribution in [0.1, 0.15) is 19.3 Å². The highest BCUT2D eigenvalue weighted by molar-refractivity contribution is 5.85. The smallest absolute Gasteiger partial charge is 0.305 e. The zero-order chi connectivity index (χ0) is 10.2. The van der Waals surface area contributed by atoms with Crippen molar-refractivity contribution >= 4 is 18.4 Å². The van der Waals surface area contributed by atoms with Gasteiger partial charge in [-0.3, -0.25) is 9.69 Å².